The first-order valence-corrected chi connectivity index (χ1v) is 8.02. The maximum Gasteiger partial charge on any atom is 0.534 e. The molecule has 1 amide bonds. The molecule has 0 saturated carbocycles. The zero-order chi connectivity index (χ0) is 17.0. The summed E-state index contributed by atoms with van der Waals surface area (Å²) < 4.78 is 64.4. The van der Waals surface area contributed by atoms with E-state index in [-0.39, 0.29) is 6.54 Å². The molecule has 1 saturated heterocycles. The van der Waals surface area contributed by atoms with Crippen molar-refractivity contribution in [3.63, 3.8) is 0 Å². The Balaban J connectivity index is 1.86. The smallest absolute Gasteiger partial charge is 0.465 e. The summed E-state index contributed by atoms with van der Waals surface area (Å²) in [6, 6.07) is 1.14. The van der Waals surface area contributed by atoms with Crippen LogP contribution in [0.25, 0.3) is 0 Å². The molecule has 2 aliphatic rings. The minimum Gasteiger partial charge on any atom is -0.465 e. The quantitative estimate of drug-likeness (QED) is 0.630. The lowest BCUT2D eigenvalue weighted by Gasteiger charge is -2.21. The molecule has 0 bridgehead atoms. The van der Waals surface area contributed by atoms with E-state index < -0.39 is 33.0 Å². The summed E-state index contributed by atoms with van der Waals surface area (Å²) in [5.41, 5.74) is -5.60. The number of alkyl halides is 3. The second-order valence-electron chi connectivity index (χ2n) is 5.56. The predicted molar refractivity (Wildman–Crippen MR) is 68.3 cm³/mol. The summed E-state index contributed by atoms with van der Waals surface area (Å²) in [6.07, 6.45) is 0.0120. The lowest BCUT2D eigenvalue weighted by atomic mass is 9.83. The highest BCUT2D eigenvalue weighted by Gasteiger charge is 2.50. The number of fused-ring (bicyclic) bond motifs is 2. The third-order valence-electron chi connectivity index (χ3n) is 4.21. The van der Waals surface area contributed by atoms with Gasteiger partial charge in [0.25, 0.3) is 5.88 Å². The molecule has 128 valence electrons. The molecule has 1 spiro atoms. The molecule has 12 heteroatoms. The molecule has 1 atom stereocenters. The minimum atomic E-state index is -5.78. The van der Waals surface area contributed by atoms with Crippen molar-refractivity contribution in [3.05, 3.63) is 11.8 Å². The number of carbonyl (C=O) groups is 1. The molecule has 2 aliphatic heterocycles. The van der Waals surface area contributed by atoms with Crippen molar-refractivity contribution in [2.45, 2.75) is 30.3 Å². The Morgan fingerprint density at radius 2 is 2.00 bits per heavy atom. The van der Waals surface area contributed by atoms with Gasteiger partial charge in [-0.15, -0.1) is 5.10 Å². The van der Waals surface area contributed by atoms with E-state index in [1.165, 1.54) is 9.58 Å². The number of nitrogens with zero attached hydrogens (tertiary/aromatic N) is 3. The SMILES string of the molecule is O=C(O)N1CC[C@]2(CCn3nc(OS(=O)(=O)C(F)(F)F)cc32)C1. The van der Waals surface area contributed by atoms with Crippen LogP contribution >= 0.6 is 0 Å². The molecule has 0 aliphatic carbocycles. The van der Waals surface area contributed by atoms with Crippen molar-refractivity contribution in [1.82, 2.24) is 14.7 Å². The molecule has 0 aromatic carbocycles. The number of amides is 1. The highest BCUT2D eigenvalue weighted by Crippen LogP contribution is 2.44. The fraction of sp³-hybridized carbons (Fsp3) is 0.636. The lowest BCUT2D eigenvalue weighted by Crippen LogP contribution is -2.32. The van der Waals surface area contributed by atoms with Gasteiger partial charge in [0.05, 0.1) is 5.69 Å². The topological polar surface area (TPSA) is 102 Å². The van der Waals surface area contributed by atoms with Crippen LogP contribution in [0.2, 0.25) is 0 Å². The summed E-state index contributed by atoms with van der Waals surface area (Å²) >= 11 is 0. The Morgan fingerprint density at radius 1 is 1.35 bits per heavy atom. The van der Waals surface area contributed by atoms with Gasteiger partial charge in [0.1, 0.15) is 0 Å². The second kappa shape index (κ2) is 4.76. The molecule has 1 N–H and O–H groups in total. The Kier molecular flexibility index (Phi) is 3.29. The summed E-state index contributed by atoms with van der Waals surface area (Å²) in [7, 11) is -5.78. The van der Waals surface area contributed by atoms with Crippen LogP contribution in [0.5, 0.6) is 5.88 Å². The zero-order valence-corrected chi connectivity index (χ0v) is 12.4. The van der Waals surface area contributed by atoms with Crippen LogP contribution in [0.4, 0.5) is 18.0 Å². The summed E-state index contributed by atoms with van der Waals surface area (Å²) in [5, 5.41) is 12.8. The Bertz CT molecular complexity index is 759. The number of likely N-dealkylation sites (tertiary alicyclic amines) is 1. The van der Waals surface area contributed by atoms with Gasteiger partial charge >= 0.3 is 21.7 Å². The van der Waals surface area contributed by atoms with E-state index in [9.17, 15) is 26.4 Å². The van der Waals surface area contributed by atoms with E-state index in [2.05, 4.69) is 9.28 Å². The van der Waals surface area contributed by atoms with Gasteiger partial charge in [0.15, 0.2) is 0 Å². The van der Waals surface area contributed by atoms with Crippen molar-refractivity contribution >= 4 is 16.2 Å². The molecule has 1 aromatic rings. The van der Waals surface area contributed by atoms with Crippen molar-refractivity contribution in [2.24, 2.45) is 0 Å². The van der Waals surface area contributed by atoms with Crippen molar-refractivity contribution in [3.8, 4) is 5.88 Å². The van der Waals surface area contributed by atoms with Crippen LogP contribution in [-0.4, -0.2) is 52.9 Å². The minimum absolute atomic E-state index is 0.194. The molecular weight excluding hydrogens is 343 g/mol. The first-order valence-electron chi connectivity index (χ1n) is 6.61. The monoisotopic (exact) mass is 355 g/mol. The molecule has 1 fully saturated rings. The van der Waals surface area contributed by atoms with Gasteiger partial charge < -0.3 is 14.2 Å². The Labute approximate surface area is 128 Å². The number of aromatic nitrogens is 2. The number of aryl methyl sites for hydroxylation is 1. The standard InChI is InChI=1S/C11H12F3N3O5S/c12-11(13,14)23(20,21)22-8-5-7-10(2-4-17(7)15-8)1-3-16(6-10)9(18)19/h5H,1-4,6H2,(H,18,19)/t10-/m0/s1. The lowest BCUT2D eigenvalue weighted by molar-refractivity contribution is -0.0501. The summed E-state index contributed by atoms with van der Waals surface area (Å²) in [6.45, 7) is 0.856. The number of halogens is 3. The van der Waals surface area contributed by atoms with Crippen LogP contribution in [0.15, 0.2) is 6.07 Å². The zero-order valence-electron chi connectivity index (χ0n) is 11.6. The average molecular weight is 355 g/mol. The van der Waals surface area contributed by atoms with Gasteiger partial charge in [-0.1, -0.05) is 0 Å². The van der Waals surface area contributed by atoms with E-state index >= 15 is 0 Å². The highest BCUT2D eigenvalue weighted by molar-refractivity contribution is 7.87. The average Bonchev–Trinajstić information content (AvgIpc) is 3.06. The maximum absolute atomic E-state index is 12.3. The molecule has 8 nitrogen and oxygen atoms in total. The van der Waals surface area contributed by atoms with Crippen molar-refractivity contribution in [2.75, 3.05) is 13.1 Å². The molecule has 3 rings (SSSR count). The molecule has 23 heavy (non-hydrogen) atoms. The van der Waals surface area contributed by atoms with Gasteiger partial charge in [-0.3, -0.25) is 4.68 Å². The Morgan fingerprint density at radius 3 is 2.57 bits per heavy atom. The van der Waals surface area contributed by atoms with E-state index in [0.717, 1.165) is 6.07 Å². The van der Waals surface area contributed by atoms with E-state index in [1.54, 1.807) is 0 Å². The van der Waals surface area contributed by atoms with Gasteiger partial charge in [0, 0.05) is 31.1 Å². The highest BCUT2D eigenvalue weighted by atomic mass is 32.2. The van der Waals surface area contributed by atoms with Gasteiger partial charge in [-0.25, -0.2) is 4.79 Å². The number of carboxylic acid groups (broad SMARTS) is 1. The van der Waals surface area contributed by atoms with Gasteiger partial charge in [0.2, 0.25) is 0 Å². The number of hydrogen-bond donors (Lipinski definition) is 1. The van der Waals surface area contributed by atoms with E-state index in [1.807, 2.05) is 0 Å². The van der Waals surface area contributed by atoms with Crippen molar-refractivity contribution in [1.29, 1.82) is 0 Å². The third kappa shape index (κ3) is 2.50. The largest absolute Gasteiger partial charge is 0.534 e. The summed E-state index contributed by atoms with van der Waals surface area (Å²) in [5.74, 6) is -0.662. The maximum atomic E-state index is 12.3. The Hall–Kier alpha value is -1.98. The number of hydrogen-bond acceptors (Lipinski definition) is 5. The fourth-order valence-corrected chi connectivity index (χ4v) is 3.49. The van der Waals surface area contributed by atoms with E-state index in [0.29, 0.717) is 31.6 Å². The van der Waals surface area contributed by atoms with Gasteiger partial charge in [-0.05, 0) is 12.8 Å². The van der Waals surface area contributed by atoms with Gasteiger partial charge in [-0.2, -0.15) is 21.6 Å². The normalized spacial score (nSPS) is 24.2. The molecular formula is C11H12F3N3O5S. The van der Waals surface area contributed by atoms with Crippen LogP contribution in [0.1, 0.15) is 18.5 Å². The van der Waals surface area contributed by atoms with Crippen LogP contribution in [-0.2, 0) is 22.1 Å². The van der Waals surface area contributed by atoms with Crippen LogP contribution in [0.3, 0.4) is 0 Å². The number of rotatable bonds is 2. The molecule has 1 aromatic heterocycles. The molecule has 3 heterocycles. The fourth-order valence-electron chi connectivity index (χ4n) is 3.09. The van der Waals surface area contributed by atoms with Crippen LogP contribution < -0.4 is 4.18 Å². The predicted octanol–water partition coefficient (Wildman–Crippen LogP) is 1.14. The molecule has 0 radical (unpaired) electrons. The molecule has 0 unspecified atom stereocenters. The first-order chi connectivity index (χ1) is 10.5. The first kappa shape index (κ1) is 15.9. The third-order valence-corrected chi connectivity index (χ3v) is 5.16. The van der Waals surface area contributed by atoms with Crippen LogP contribution in [0, 0.1) is 0 Å². The van der Waals surface area contributed by atoms with E-state index in [4.69, 9.17) is 5.11 Å². The second-order valence-corrected chi connectivity index (χ2v) is 7.10. The summed E-state index contributed by atoms with van der Waals surface area (Å²) in [4.78, 5) is 12.2. The van der Waals surface area contributed by atoms with Crippen molar-refractivity contribution < 1.29 is 35.7 Å².